The number of hydrogen-bond donors (Lipinski definition) is 0. The van der Waals surface area contributed by atoms with Crippen molar-refractivity contribution in [3.63, 3.8) is 0 Å². The van der Waals surface area contributed by atoms with Crippen LogP contribution in [0.4, 0.5) is 22.0 Å². The SMILES string of the molecule is CCC(C)(C)CC(C)(C(=O)OCC(=O)OCC(F)(F)C(F)(F)F)C(C)(C)CC. The van der Waals surface area contributed by atoms with Crippen molar-refractivity contribution in [3.8, 4) is 0 Å². The molecule has 0 fully saturated rings. The molecule has 1 atom stereocenters. The van der Waals surface area contributed by atoms with Crippen molar-refractivity contribution in [2.45, 2.75) is 79.8 Å². The highest BCUT2D eigenvalue weighted by molar-refractivity contribution is 5.81. The Hall–Kier alpha value is -1.41. The van der Waals surface area contributed by atoms with E-state index >= 15 is 0 Å². The van der Waals surface area contributed by atoms with Crippen LogP contribution in [-0.2, 0) is 19.1 Å². The van der Waals surface area contributed by atoms with Crippen molar-refractivity contribution in [1.29, 1.82) is 0 Å². The van der Waals surface area contributed by atoms with Crippen LogP contribution in [0.1, 0.15) is 67.7 Å². The smallest absolute Gasteiger partial charge is 0.456 e. The Morgan fingerprint density at radius 2 is 1.32 bits per heavy atom. The zero-order valence-electron chi connectivity index (χ0n) is 17.6. The van der Waals surface area contributed by atoms with Crippen LogP contribution in [0.5, 0.6) is 0 Å². The van der Waals surface area contributed by atoms with Gasteiger partial charge in [-0.05, 0) is 30.6 Å². The molecule has 0 bridgehead atoms. The summed E-state index contributed by atoms with van der Waals surface area (Å²) in [6.45, 7) is 10.1. The number of rotatable bonds is 10. The van der Waals surface area contributed by atoms with Gasteiger partial charge in [0, 0.05) is 0 Å². The van der Waals surface area contributed by atoms with Crippen molar-refractivity contribution in [3.05, 3.63) is 0 Å². The minimum Gasteiger partial charge on any atom is -0.456 e. The second-order valence-electron chi connectivity index (χ2n) is 8.70. The van der Waals surface area contributed by atoms with Crippen LogP contribution in [0.2, 0.25) is 0 Å². The van der Waals surface area contributed by atoms with E-state index in [4.69, 9.17) is 4.74 Å². The van der Waals surface area contributed by atoms with Crippen LogP contribution in [0, 0.1) is 16.2 Å². The van der Waals surface area contributed by atoms with Gasteiger partial charge in [0.15, 0.2) is 13.2 Å². The van der Waals surface area contributed by atoms with Crippen LogP contribution < -0.4 is 0 Å². The van der Waals surface area contributed by atoms with Crippen LogP contribution in [0.25, 0.3) is 0 Å². The first-order valence-electron chi connectivity index (χ1n) is 9.12. The highest BCUT2D eigenvalue weighted by Crippen LogP contribution is 2.50. The number of esters is 2. The minimum absolute atomic E-state index is 0.213. The molecular formula is C19H31F5O4. The third-order valence-electron chi connectivity index (χ3n) is 5.77. The summed E-state index contributed by atoms with van der Waals surface area (Å²) in [6.07, 6.45) is -3.98. The molecule has 28 heavy (non-hydrogen) atoms. The summed E-state index contributed by atoms with van der Waals surface area (Å²) in [5.74, 6) is -7.36. The number of hydrogen-bond acceptors (Lipinski definition) is 4. The Balaban J connectivity index is 5.14. The van der Waals surface area contributed by atoms with E-state index in [1.807, 2.05) is 41.5 Å². The summed E-state index contributed by atoms with van der Waals surface area (Å²) >= 11 is 0. The van der Waals surface area contributed by atoms with E-state index < -0.39 is 48.1 Å². The van der Waals surface area contributed by atoms with Gasteiger partial charge in [0.25, 0.3) is 0 Å². The Morgan fingerprint density at radius 1 is 0.821 bits per heavy atom. The minimum atomic E-state index is -5.83. The molecule has 0 aliphatic rings. The maximum atomic E-state index is 12.8. The maximum Gasteiger partial charge on any atom is 0.456 e. The average Bonchev–Trinajstić information content (AvgIpc) is 2.56. The fraction of sp³-hybridized carbons (Fsp3) is 0.895. The van der Waals surface area contributed by atoms with Gasteiger partial charge in [0.1, 0.15) is 0 Å². The summed E-state index contributed by atoms with van der Waals surface area (Å²) in [5.41, 5.74) is -1.73. The fourth-order valence-corrected chi connectivity index (χ4v) is 2.64. The molecule has 0 aromatic heterocycles. The first-order valence-corrected chi connectivity index (χ1v) is 9.12. The van der Waals surface area contributed by atoms with E-state index in [0.717, 1.165) is 6.42 Å². The summed E-state index contributed by atoms with van der Waals surface area (Å²) in [7, 11) is 0. The lowest BCUT2D eigenvalue weighted by Crippen LogP contribution is -2.46. The molecular weight excluding hydrogens is 387 g/mol. The molecule has 0 saturated heterocycles. The number of carbonyl (C=O) groups is 2. The van der Waals surface area contributed by atoms with E-state index in [2.05, 4.69) is 4.74 Å². The number of halogens is 5. The average molecular weight is 418 g/mol. The van der Waals surface area contributed by atoms with Crippen LogP contribution in [-0.4, -0.2) is 37.3 Å². The topological polar surface area (TPSA) is 52.6 Å². The predicted octanol–water partition coefficient (Wildman–Crippen LogP) is 5.54. The van der Waals surface area contributed by atoms with E-state index in [0.29, 0.717) is 12.8 Å². The van der Waals surface area contributed by atoms with Crippen LogP contribution in [0.3, 0.4) is 0 Å². The molecule has 0 aromatic carbocycles. The number of carbonyl (C=O) groups excluding carboxylic acids is 2. The third-order valence-corrected chi connectivity index (χ3v) is 5.77. The van der Waals surface area contributed by atoms with E-state index in [-0.39, 0.29) is 5.41 Å². The Morgan fingerprint density at radius 3 is 1.71 bits per heavy atom. The molecule has 0 aliphatic heterocycles. The Bertz CT molecular complexity index is 555. The van der Waals surface area contributed by atoms with Gasteiger partial charge in [-0.25, -0.2) is 4.79 Å². The summed E-state index contributed by atoms with van der Waals surface area (Å²) in [5, 5.41) is 0. The zero-order chi connectivity index (χ0) is 22.6. The molecule has 0 rings (SSSR count). The normalized spacial score (nSPS) is 15.7. The van der Waals surface area contributed by atoms with Crippen molar-refractivity contribution >= 4 is 11.9 Å². The molecule has 0 radical (unpaired) electrons. The van der Waals surface area contributed by atoms with Crippen LogP contribution >= 0.6 is 0 Å². The van der Waals surface area contributed by atoms with E-state index in [9.17, 15) is 31.5 Å². The Labute approximate surface area is 163 Å². The fourth-order valence-electron chi connectivity index (χ4n) is 2.64. The summed E-state index contributed by atoms with van der Waals surface area (Å²) < 4.78 is 70.8. The molecule has 1 unspecified atom stereocenters. The Kier molecular flexibility index (Phi) is 8.50. The monoisotopic (exact) mass is 418 g/mol. The molecule has 0 spiro atoms. The van der Waals surface area contributed by atoms with Gasteiger partial charge in [-0.3, -0.25) is 4.79 Å². The predicted molar refractivity (Wildman–Crippen MR) is 93.8 cm³/mol. The van der Waals surface area contributed by atoms with Crippen LogP contribution in [0.15, 0.2) is 0 Å². The highest BCUT2D eigenvalue weighted by atomic mass is 19.4. The van der Waals surface area contributed by atoms with Gasteiger partial charge in [0.2, 0.25) is 0 Å². The second kappa shape index (κ2) is 8.95. The van der Waals surface area contributed by atoms with Gasteiger partial charge in [-0.15, -0.1) is 0 Å². The number of alkyl halides is 5. The third kappa shape index (κ3) is 6.58. The molecule has 0 aliphatic carbocycles. The van der Waals surface area contributed by atoms with E-state index in [1.165, 1.54) is 0 Å². The van der Waals surface area contributed by atoms with Crippen molar-refractivity contribution < 1.29 is 41.0 Å². The van der Waals surface area contributed by atoms with Crippen molar-refractivity contribution in [2.24, 2.45) is 16.2 Å². The molecule has 0 heterocycles. The van der Waals surface area contributed by atoms with Gasteiger partial charge in [0.05, 0.1) is 5.41 Å². The molecule has 0 aromatic rings. The van der Waals surface area contributed by atoms with Gasteiger partial charge in [-0.1, -0.05) is 48.0 Å². The summed E-state index contributed by atoms with van der Waals surface area (Å²) in [4.78, 5) is 24.3. The quantitative estimate of drug-likeness (QED) is 0.345. The molecule has 9 heteroatoms. The zero-order valence-corrected chi connectivity index (χ0v) is 17.6. The standard InChI is InChI=1S/C19H31F5O4/c1-8-15(3,4)11-17(7,16(5,6)9-2)14(26)27-10-13(25)28-12-18(20,21)19(22,23)24/h8-12H2,1-7H3. The largest absolute Gasteiger partial charge is 0.456 e. The first kappa shape index (κ1) is 26.6. The van der Waals surface area contributed by atoms with Gasteiger partial charge >= 0.3 is 24.0 Å². The van der Waals surface area contributed by atoms with Gasteiger partial charge in [-0.2, -0.15) is 22.0 Å². The highest BCUT2D eigenvalue weighted by Gasteiger charge is 2.58. The molecule has 166 valence electrons. The maximum absolute atomic E-state index is 12.8. The van der Waals surface area contributed by atoms with Gasteiger partial charge < -0.3 is 9.47 Å². The lowest BCUT2D eigenvalue weighted by Gasteiger charge is -2.45. The molecule has 4 nitrogen and oxygen atoms in total. The van der Waals surface area contributed by atoms with Crippen molar-refractivity contribution in [1.82, 2.24) is 0 Å². The van der Waals surface area contributed by atoms with E-state index in [1.54, 1.807) is 6.92 Å². The second-order valence-corrected chi connectivity index (χ2v) is 8.70. The summed E-state index contributed by atoms with van der Waals surface area (Å²) in [6, 6.07) is 0. The molecule has 0 amide bonds. The molecule has 0 saturated carbocycles. The lowest BCUT2D eigenvalue weighted by molar-refractivity contribution is -0.294. The molecule has 0 N–H and O–H groups in total. The lowest BCUT2D eigenvalue weighted by atomic mass is 9.58. The number of ether oxygens (including phenoxy) is 2. The first-order chi connectivity index (χ1) is 12.4. The van der Waals surface area contributed by atoms with Crippen molar-refractivity contribution in [2.75, 3.05) is 13.2 Å².